The van der Waals surface area contributed by atoms with Crippen molar-refractivity contribution in [3.05, 3.63) is 23.8 Å². The lowest BCUT2D eigenvalue weighted by Crippen LogP contribution is -2.15. The number of halogens is 1. The van der Waals surface area contributed by atoms with Gasteiger partial charge in [0.1, 0.15) is 13.2 Å². The first kappa shape index (κ1) is 12.7. The molecule has 0 fully saturated rings. The average Bonchev–Trinajstić information content (AvgIpc) is 2.35. The summed E-state index contributed by atoms with van der Waals surface area (Å²) < 4.78 is 11.1. The Kier molecular flexibility index (Phi) is 4.32. The van der Waals surface area contributed by atoms with Crippen molar-refractivity contribution in [3.8, 4) is 11.5 Å². The Morgan fingerprint density at radius 1 is 1.12 bits per heavy atom. The molecule has 2 nitrogen and oxygen atoms in total. The van der Waals surface area contributed by atoms with Gasteiger partial charge in [0.25, 0.3) is 0 Å². The zero-order chi connectivity index (χ0) is 12.3. The molecule has 0 bridgehead atoms. The minimum atomic E-state index is 0.403. The molecule has 2 rings (SSSR count). The fraction of sp³-hybridized carbons (Fsp3) is 0.571. The van der Waals surface area contributed by atoms with E-state index in [-0.39, 0.29) is 0 Å². The zero-order valence-electron chi connectivity index (χ0n) is 10.4. The first-order valence-electron chi connectivity index (χ1n) is 6.20. The van der Waals surface area contributed by atoms with Crippen molar-refractivity contribution in [2.75, 3.05) is 13.2 Å². The highest BCUT2D eigenvalue weighted by Crippen LogP contribution is 2.36. The number of fused-ring (bicyclic) bond motifs is 1. The van der Waals surface area contributed by atoms with Gasteiger partial charge in [-0.05, 0) is 36.5 Å². The highest BCUT2D eigenvalue weighted by atomic mass is 79.9. The molecule has 0 spiro atoms. The predicted molar refractivity (Wildman–Crippen MR) is 73.2 cm³/mol. The molecule has 1 aliphatic rings. The topological polar surface area (TPSA) is 18.5 Å². The van der Waals surface area contributed by atoms with Gasteiger partial charge in [-0.3, -0.25) is 0 Å². The van der Waals surface area contributed by atoms with E-state index < -0.39 is 0 Å². The summed E-state index contributed by atoms with van der Waals surface area (Å²) in [5, 5.41) is 0. The Morgan fingerprint density at radius 2 is 1.82 bits per heavy atom. The maximum Gasteiger partial charge on any atom is 0.161 e. The normalized spacial score (nSPS) is 16.0. The van der Waals surface area contributed by atoms with Gasteiger partial charge in [0.15, 0.2) is 11.5 Å². The first-order chi connectivity index (χ1) is 8.16. The van der Waals surface area contributed by atoms with Crippen molar-refractivity contribution in [1.29, 1.82) is 0 Å². The Morgan fingerprint density at radius 3 is 2.53 bits per heavy atom. The van der Waals surface area contributed by atoms with Crippen molar-refractivity contribution in [3.63, 3.8) is 0 Å². The molecule has 0 aromatic heterocycles. The van der Waals surface area contributed by atoms with E-state index in [4.69, 9.17) is 9.47 Å². The predicted octanol–water partition coefficient (Wildman–Crippen LogP) is 4.33. The number of benzene rings is 1. The molecule has 0 saturated heterocycles. The van der Waals surface area contributed by atoms with Crippen LogP contribution in [0.15, 0.2) is 18.2 Å². The maximum atomic E-state index is 5.59. The van der Waals surface area contributed by atoms with Crippen LogP contribution in [0.4, 0.5) is 0 Å². The van der Waals surface area contributed by atoms with Crippen molar-refractivity contribution >= 4 is 15.9 Å². The monoisotopic (exact) mass is 298 g/mol. The molecule has 0 amide bonds. The quantitative estimate of drug-likeness (QED) is 0.770. The molecule has 1 aromatic rings. The van der Waals surface area contributed by atoms with Crippen LogP contribution in [0.2, 0.25) is 0 Å². The SMILES string of the molecule is CC(C)CCC(Br)c1ccc2c(c1)OCCO2. The van der Waals surface area contributed by atoms with Gasteiger partial charge < -0.3 is 9.47 Å². The van der Waals surface area contributed by atoms with E-state index in [1.807, 2.05) is 6.07 Å². The molecular formula is C14H19BrO2. The summed E-state index contributed by atoms with van der Waals surface area (Å²) in [6, 6.07) is 6.22. The molecule has 94 valence electrons. The van der Waals surface area contributed by atoms with Crippen molar-refractivity contribution in [2.24, 2.45) is 5.92 Å². The van der Waals surface area contributed by atoms with Gasteiger partial charge in [-0.1, -0.05) is 35.8 Å². The molecule has 1 atom stereocenters. The second kappa shape index (κ2) is 5.76. The third kappa shape index (κ3) is 3.38. The van der Waals surface area contributed by atoms with Crippen LogP contribution < -0.4 is 9.47 Å². The van der Waals surface area contributed by atoms with E-state index in [0.717, 1.165) is 23.8 Å². The van der Waals surface area contributed by atoms with E-state index in [0.29, 0.717) is 18.0 Å². The van der Waals surface area contributed by atoms with Gasteiger partial charge in [0, 0.05) is 4.83 Å². The number of hydrogen-bond donors (Lipinski definition) is 0. The molecule has 1 aromatic carbocycles. The van der Waals surface area contributed by atoms with Crippen LogP contribution in [0.3, 0.4) is 0 Å². The van der Waals surface area contributed by atoms with Gasteiger partial charge in [0.05, 0.1) is 0 Å². The lowest BCUT2D eigenvalue weighted by molar-refractivity contribution is 0.171. The fourth-order valence-corrected chi connectivity index (χ4v) is 2.45. The van der Waals surface area contributed by atoms with Gasteiger partial charge >= 0.3 is 0 Å². The molecule has 1 heterocycles. The molecule has 1 aliphatic heterocycles. The van der Waals surface area contributed by atoms with Crippen LogP contribution in [-0.2, 0) is 0 Å². The summed E-state index contributed by atoms with van der Waals surface area (Å²) in [6.45, 7) is 5.81. The lowest BCUT2D eigenvalue weighted by atomic mass is 10.0. The van der Waals surface area contributed by atoms with Gasteiger partial charge in [-0.15, -0.1) is 0 Å². The van der Waals surface area contributed by atoms with E-state index in [9.17, 15) is 0 Å². The summed E-state index contributed by atoms with van der Waals surface area (Å²) >= 11 is 3.75. The van der Waals surface area contributed by atoms with E-state index in [1.54, 1.807) is 0 Å². The second-order valence-corrected chi connectivity index (χ2v) is 5.95. The van der Waals surface area contributed by atoms with E-state index in [1.165, 1.54) is 12.0 Å². The maximum absolute atomic E-state index is 5.59. The standard InChI is InChI=1S/C14H19BrO2/c1-10(2)3-5-12(15)11-4-6-13-14(9-11)17-8-7-16-13/h4,6,9-10,12H,3,5,7-8H2,1-2H3. The smallest absolute Gasteiger partial charge is 0.161 e. The van der Waals surface area contributed by atoms with Crippen LogP contribution >= 0.6 is 15.9 Å². The van der Waals surface area contributed by atoms with Crippen molar-refractivity contribution in [2.45, 2.75) is 31.5 Å². The molecule has 1 unspecified atom stereocenters. The Labute approximate surface area is 111 Å². The summed E-state index contributed by atoms with van der Waals surface area (Å²) in [5.74, 6) is 2.48. The fourth-order valence-electron chi connectivity index (χ4n) is 1.90. The summed E-state index contributed by atoms with van der Waals surface area (Å²) in [6.07, 6.45) is 2.38. The van der Waals surface area contributed by atoms with E-state index in [2.05, 4.69) is 41.9 Å². The second-order valence-electron chi connectivity index (χ2n) is 4.84. The molecule has 0 radical (unpaired) electrons. The number of ether oxygens (including phenoxy) is 2. The Balaban J connectivity index is 2.05. The summed E-state index contributed by atoms with van der Waals surface area (Å²) in [4.78, 5) is 0.403. The van der Waals surface area contributed by atoms with Crippen molar-refractivity contribution in [1.82, 2.24) is 0 Å². The number of alkyl halides is 1. The highest BCUT2D eigenvalue weighted by Gasteiger charge is 2.15. The van der Waals surface area contributed by atoms with Gasteiger partial charge in [-0.2, -0.15) is 0 Å². The third-order valence-corrected chi connectivity index (χ3v) is 3.91. The van der Waals surface area contributed by atoms with Crippen LogP contribution in [0, 0.1) is 5.92 Å². The highest BCUT2D eigenvalue weighted by molar-refractivity contribution is 9.09. The molecule has 3 heteroatoms. The van der Waals surface area contributed by atoms with Crippen LogP contribution in [0.25, 0.3) is 0 Å². The molecule has 17 heavy (non-hydrogen) atoms. The number of hydrogen-bond acceptors (Lipinski definition) is 2. The lowest BCUT2D eigenvalue weighted by Gasteiger charge is -2.20. The summed E-state index contributed by atoms with van der Waals surface area (Å²) in [5.41, 5.74) is 1.27. The minimum absolute atomic E-state index is 0.403. The van der Waals surface area contributed by atoms with E-state index >= 15 is 0 Å². The molecule has 0 aliphatic carbocycles. The van der Waals surface area contributed by atoms with Crippen LogP contribution in [-0.4, -0.2) is 13.2 Å². The van der Waals surface area contributed by atoms with Gasteiger partial charge in [0.2, 0.25) is 0 Å². The Hall–Kier alpha value is -0.700. The van der Waals surface area contributed by atoms with Crippen molar-refractivity contribution < 1.29 is 9.47 Å². The molecular weight excluding hydrogens is 280 g/mol. The average molecular weight is 299 g/mol. The third-order valence-electron chi connectivity index (χ3n) is 2.93. The largest absolute Gasteiger partial charge is 0.486 e. The minimum Gasteiger partial charge on any atom is -0.486 e. The van der Waals surface area contributed by atoms with Crippen LogP contribution in [0.5, 0.6) is 11.5 Å². The zero-order valence-corrected chi connectivity index (χ0v) is 12.0. The molecule has 0 N–H and O–H groups in total. The van der Waals surface area contributed by atoms with Gasteiger partial charge in [-0.25, -0.2) is 0 Å². The summed E-state index contributed by atoms with van der Waals surface area (Å²) in [7, 11) is 0. The first-order valence-corrected chi connectivity index (χ1v) is 7.12. The Bertz CT molecular complexity index is 376. The van der Waals surface area contributed by atoms with Crippen LogP contribution in [0.1, 0.15) is 37.1 Å². The number of rotatable bonds is 4. The molecule has 0 saturated carbocycles.